The topological polar surface area (TPSA) is 70.5 Å². The molecule has 1 fully saturated rings. The highest BCUT2D eigenvalue weighted by Crippen LogP contribution is 2.32. The molecule has 2 aromatic rings. The van der Waals surface area contributed by atoms with E-state index in [0.717, 1.165) is 12.2 Å². The number of amides is 3. The number of hydrogen-bond acceptors (Lipinski definition) is 3. The van der Waals surface area contributed by atoms with Gasteiger partial charge in [-0.25, -0.2) is 14.2 Å². The molecule has 3 amide bonds. The van der Waals surface area contributed by atoms with E-state index in [-0.39, 0.29) is 23.8 Å². The second kappa shape index (κ2) is 7.02. The molecule has 2 atom stereocenters. The van der Waals surface area contributed by atoms with Gasteiger partial charge in [-0.15, -0.1) is 0 Å². The summed E-state index contributed by atoms with van der Waals surface area (Å²) in [4.78, 5) is 32.9. The van der Waals surface area contributed by atoms with Gasteiger partial charge in [0.05, 0.1) is 6.04 Å². The summed E-state index contributed by atoms with van der Waals surface area (Å²) >= 11 is 0. The van der Waals surface area contributed by atoms with E-state index >= 15 is 0 Å². The third kappa shape index (κ3) is 3.39. The zero-order valence-corrected chi connectivity index (χ0v) is 15.1. The summed E-state index contributed by atoms with van der Waals surface area (Å²) in [6.07, 6.45) is 4.52. The minimum absolute atomic E-state index is 0.0821. The van der Waals surface area contributed by atoms with E-state index < -0.39 is 0 Å². The number of hydrogen-bond donors (Lipinski definition) is 1. The van der Waals surface area contributed by atoms with Gasteiger partial charge in [-0.3, -0.25) is 4.79 Å². The van der Waals surface area contributed by atoms with Crippen LogP contribution in [0, 0.1) is 5.82 Å². The SMILES string of the molecule is CC1CC(NC(=O)N2CCN(C(=O)c3ccc(F)cc3)CC2)c2nccn21. The third-order valence-corrected chi connectivity index (χ3v) is 5.30. The molecule has 0 saturated carbocycles. The van der Waals surface area contributed by atoms with Crippen molar-refractivity contribution < 1.29 is 14.0 Å². The van der Waals surface area contributed by atoms with E-state index in [1.807, 2.05) is 6.20 Å². The fraction of sp³-hybridized carbons (Fsp3) is 0.421. The lowest BCUT2D eigenvalue weighted by Crippen LogP contribution is -2.53. The Morgan fingerprint density at radius 3 is 2.48 bits per heavy atom. The van der Waals surface area contributed by atoms with Crippen molar-refractivity contribution in [3.05, 3.63) is 53.9 Å². The molecule has 2 aliphatic heterocycles. The van der Waals surface area contributed by atoms with Crippen molar-refractivity contribution >= 4 is 11.9 Å². The number of rotatable bonds is 2. The van der Waals surface area contributed by atoms with Crippen molar-refractivity contribution in [3.63, 3.8) is 0 Å². The van der Waals surface area contributed by atoms with Gasteiger partial charge in [0.2, 0.25) is 0 Å². The molecule has 4 rings (SSSR count). The number of urea groups is 1. The predicted octanol–water partition coefficient (Wildman–Crippen LogP) is 2.20. The standard InChI is InChI=1S/C19H22FN5O2/c1-13-12-16(17-21-6-7-25(13)17)22-19(27)24-10-8-23(9-11-24)18(26)14-2-4-15(20)5-3-14/h2-7,13,16H,8-12H2,1H3,(H,22,27). The van der Waals surface area contributed by atoms with E-state index in [1.54, 1.807) is 16.0 Å². The van der Waals surface area contributed by atoms with Crippen LogP contribution >= 0.6 is 0 Å². The second-order valence-corrected chi connectivity index (χ2v) is 7.07. The fourth-order valence-corrected chi connectivity index (χ4v) is 3.78. The number of carbonyl (C=O) groups excluding carboxylic acids is 2. The first-order chi connectivity index (χ1) is 13.0. The highest BCUT2D eigenvalue weighted by atomic mass is 19.1. The predicted molar refractivity (Wildman–Crippen MR) is 96.7 cm³/mol. The quantitative estimate of drug-likeness (QED) is 0.880. The Labute approximate surface area is 156 Å². The van der Waals surface area contributed by atoms with E-state index in [9.17, 15) is 14.0 Å². The smallest absolute Gasteiger partial charge is 0.318 e. The molecule has 0 bridgehead atoms. The largest absolute Gasteiger partial charge is 0.335 e. The van der Waals surface area contributed by atoms with E-state index in [1.165, 1.54) is 24.3 Å². The lowest BCUT2D eigenvalue weighted by atomic mass is 10.1. The Bertz CT molecular complexity index is 842. The molecular formula is C19H22FN5O2. The lowest BCUT2D eigenvalue weighted by Gasteiger charge is -2.35. The number of piperazine rings is 1. The first kappa shape index (κ1) is 17.5. The maximum atomic E-state index is 13.0. The van der Waals surface area contributed by atoms with Gasteiger partial charge in [-0.05, 0) is 37.6 Å². The van der Waals surface area contributed by atoms with Gasteiger partial charge in [-0.1, -0.05) is 0 Å². The summed E-state index contributed by atoms with van der Waals surface area (Å²) in [5.41, 5.74) is 0.459. The van der Waals surface area contributed by atoms with Gasteiger partial charge >= 0.3 is 6.03 Å². The van der Waals surface area contributed by atoms with Crippen LogP contribution in [0.1, 0.15) is 41.6 Å². The Morgan fingerprint density at radius 2 is 1.78 bits per heavy atom. The van der Waals surface area contributed by atoms with Crippen LogP contribution in [-0.4, -0.2) is 57.5 Å². The van der Waals surface area contributed by atoms with Crippen LogP contribution < -0.4 is 5.32 Å². The van der Waals surface area contributed by atoms with Crippen molar-refractivity contribution in [1.82, 2.24) is 24.7 Å². The summed E-state index contributed by atoms with van der Waals surface area (Å²) in [6.45, 7) is 3.96. The second-order valence-electron chi connectivity index (χ2n) is 7.07. The van der Waals surface area contributed by atoms with Gasteiger partial charge in [0.25, 0.3) is 5.91 Å². The molecule has 0 radical (unpaired) electrons. The van der Waals surface area contributed by atoms with Gasteiger partial charge in [0, 0.05) is 50.2 Å². The van der Waals surface area contributed by atoms with Crippen molar-refractivity contribution in [2.75, 3.05) is 26.2 Å². The molecule has 3 heterocycles. The van der Waals surface area contributed by atoms with Gasteiger partial charge < -0.3 is 19.7 Å². The summed E-state index contributed by atoms with van der Waals surface area (Å²) < 4.78 is 15.1. The minimum atomic E-state index is -0.366. The van der Waals surface area contributed by atoms with Crippen molar-refractivity contribution in [2.24, 2.45) is 0 Å². The number of nitrogens with one attached hydrogen (secondary N) is 1. The summed E-state index contributed by atoms with van der Waals surface area (Å²) in [5, 5.41) is 3.06. The highest BCUT2D eigenvalue weighted by molar-refractivity contribution is 5.94. The Morgan fingerprint density at radius 1 is 1.11 bits per heavy atom. The molecule has 1 saturated heterocycles. The molecule has 1 aromatic heterocycles. The molecule has 7 nitrogen and oxygen atoms in total. The molecule has 0 aliphatic carbocycles. The number of carbonyl (C=O) groups is 2. The average molecular weight is 371 g/mol. The number of imidazole rings is 1. The van der Waals surface area contributed by atoms with Gasteiger partial charge in [-0.2, -0.15) is 0 Å². The van der Waals surface area contributed by atoms with Crippen LogP contribution in [0.4, 0.5) is 9.18 Å². The number of halogens is 1. The first-order valence-corrected chi connectivity index (χ1v) is 9.16. The molecule has 142 valence electrons. The summed E-state index contributed by atoms with van der Waals surface area (Å²) in [5.74, 6) is 0.387. The van der Waals surface area contributed by atoms with Crippen LogP contribution in [0.5, 0.6) is 0 Å². The van der Waals surface area contributed by atoms with Crippen molar-refractivity contribution in [3.8, 4) is 0 Å². The van der Waals surface area contributed by atoms with E-state index in [0.29, 0.717) is 37.8 Å². The number of nitrogens with zero attached hydrogens (tertiary/aromatic N) is 4. The Hall–Kier alpha value is -2.90. The molecule has 2 aliphatic rings. The van der Waals surface area contributed by atoms with Crippen LogP contribution in [0.2, 0.25) is 0 Å². The van der Waals surface area contributed by atoms with Crippen LogP contribution in [0.15, 0.2) is 36.7 Å². The lowest BCUT2D eigenvalue weighted by molar-refractivity contribution is 0.0663. The van der Waals surface area contributed by atoms with Crippen LogP contribution in [-0.2, 0) is 0 Å². The number of benzene rings is 1. The Kier molecular flexibility index (Phi) is 4.55. The number of aromatic nitrogens is 2. The minimum Gasteiger partial charge on any atom is -0.335 e. The fourth-order valence-electron chi connectivity index (χ4n) is 3.78. The molecule has 0 spiro atoms. The third-order valence-electron chi connectivity index (χ3n) is 5.30. The highest BCUT2D eigenvalue weighted by Gasteiger charge is 2.32. The first-order valence-electron chi connectivity index (χ1n) is 9.16. The summed E-state index contributed by atoms with van der Waals surface area (Å²) in [6, 6.07) is 5.64. The molecule has 27 heavy (non-hydrogen) atoms. The van der Waals surface area contributed by atoms with Crippen molar-refractivity contribution in [2.45, 2.75) is 25.4 Å². The normalized spacial score (nSPS) is 21.9. The molecule has 8 heteroatoms. The monoisotopic (exact) mass is 371 g/mol. The molecule has 1 N–H and O–H groups in total. The Balaban J connectivity index is 1.32. The van der Waals surface area contributed by atoms with Crippen LogP contribution in [0.3, 0.4) is 0 Å². The zero-order valence-electron chi connectivity index (χ0n) is 15.1. The molecule has 1 aromatic carbocycles. The number of fused-ring (bicyclic) bond motifs is 1. The van der Waals surface area contributed by atoms with Gasteiger partial charge in [0.15, 0.2) is 0 Å². The van der Waals surface area contributed by atoms with Crippen LogP contribution in [0.25, 0.3) is 0 Å². The maximum Gasteiger partial charge on any atom is 0.318 e. The summed E-state index contributed by atoms with van der Waals surface area (Å²) in [7, 11) is 0. The van der Waals surface area contributed by atoms with E-state index in [4.69, 9.17) is 0 Å². The maximum absolute atomic E-state index is 13.0. The van der Waals surface area contributed by atoms with E-state index in [2.05, 4.69) is 21.8 Å². The molecule has 2 unspecified atom stereocenters. The average Bonchev–Trinajstić information content (AvgIpc) is 3.27. The van der Waals surface area contributed by atoms with Crippen molar-refractivity contribution in [1.29, 1.82) is 0 Å². The molecular weight excluding hydrogens is 349 g/mol. The van der Waals surface area contributed by atoms with Gasteiger partial charge in [0.1, 0.15) is 11.6 Å². The zero-order chi connectivity index (χ0) is 19.0.